The molecule has 94 valence electrons. The molecule has 0 aromatic heterocycles. The fourth-order valence-electron chi connectivity index (χ4n) is 1.53. The zero-order valence-corrected chi connectivity index (χ0v) is 10.0. The first-order valence-corrected chi connectivity index (χ1v) is 5.62. The first-order chi connectivity index (χ1) is 8.15. The summed E-state index contributed by atoms with van der Waals surface area (Å²) in [5.74, 6) is 0.516. The molecule has 0 bridgehead atoms. The van der Waals surface area contributed by atoms with Crippen molar-refractivity contribution in [1.29, 1.82) is 0 Å². The molecule has 0 atom stereocenters. The molecule has 0 fully saturated rings. The zero-order chi connectivity index (χ0) is 12.7. The summed E-state index contributed by atoms with van der Waals surface area (Å²) in [4.78, 5) is 2.18. The quantitative estimate of drug-likeness (QED) is 0.302. The molecule has 5 nitrogen and oxygen atoms in total. The van der Waals surface area contributed by atoms with E-state index in [1.54, 1.807) is 12.1 Å². The lowest BCUT2D eigenvalue weighted by atomic mass is 10.2. The Morgan fingerprint density at radius 2 is 2.00 bits per heavy atom. The smallest absolute Gasteiger partial charge is 0.140 e. The fraction of sp³-hybridized carbons (Fsp3) is 0.417. The lowest BCUT2D eigenvalue weighted by Crippen LogP contribution is -2.27. The highest BCUT2D eigenvalue weighted by Gasteiger charge is 2.05. The van der Waals surface area contributed by atoms with E-state index in [1.165, 1.54) is 0 Å². The van der Waals surface area contributed by atoms with E-state index < -0.39 is 0 Å². The van der Waals surface area contributed by atoms with Crippen LogP contribution in [0.2, 0.25) is 0 Å². The maximum atomic E-state index is 9.18. The Balaban J connectivity index is 2.49. The summed E-state index contributed by atoms with van der Waals surface area (Å²) >= 11 is 0. The SMILES string of the molecule is CCN(CCC(N)=NO)Cc1ccc(O)cc1. The van der Waals surface area contributed by atoms with Crippen molar-refractivity contribution < 1.29 is 10.3 Å². The Hall–Kier alpha value is -1.75. The van der Waals surface area contributed by atoms with Crippen LogP contribution in [-0.4, -0.2) is 34.1 Å². The van der Waals surface area contributed by atoms with Gasteiger partial charge in [0.25, 0.3) is 0 Å². The van der Waals surface area contributed by atoms with Gasteiger partial charge < -0.3 is 16.0 Å². The Bertz CT molecular complexity index is 363. The van der Waals surface area contributed by atoms with Gasteiger partial charge in [-0.05, 0) is 24.2 Å². The Kier molecular flexibility index (Phi) is 5.29. The number of hydrogen-bond acceptors (Lipinski definition) is 4. The number of rotatable bonds is 6. The summed E-state index contributed by atoms with van der Waals surface area (Å²) in [6.07, 6.45) is 0.544. The van der Waals surface area contributed by atoms with Gasteiger partial charge in [-0.25, -0.2) is 0 Å². The average molecular weight is 237 g/mol. The number of nitrogens with two attached hydrogens (primary N) is 1. The second kappa shape index (κ2) is 6.75. The minimum absolute atomic E-state index is 0.245. The molecule has 1 aromatic carbocycles. The van der Waals surface area contributed by atoms with Gasteiger partial charge in [0.15, 0.2) is 0 Å². The molecule has 1 rings (SSSR count). The Labute approximate surface area is 101 Å². The van der Waals surface area contributed by atoms with Gasteiger partial charge in [-0.15, -0.1) is 0 Å². The van der Waals surface area contributed by atoms with E-state index in [9.17, 15) is 5.11 Å². The number of nitrogens with zero attached hydrogens (tertiary/aromatic N) is 2. The topological polar surface area (TPSA) is 82.1 Å². The van der Waals surface area contributed by atoms with Crippen LogP contribution in [0.4, 0.5) is 0 Å². The number of hydrogen-bond donors (Lipinski definition) is 3. The van der Waals surface area contributed by atoms with Crippen LogP contribution >= 0.6 is 0 Å². The van der Waals surface area contributed by atoms with Crippen LogP contribution in [0.5, 0.6) is 5.75 Å². The molecule has 17 heavy (non-hydrogen) atoms. The standard InChI is InChI=1S/C12H19N3O2/c1-2-15(8-7-12(13)14-17)9-10-3-5-11(16)6-4-10/h3-6,16-17H,2,7-9H2,1H3,(H2,13,14). The van der Waals surface area contributed by atoms with Crippen molar-refractivity contribution in [2.24, 2.45) is 10.9 Å². The number of phenols is 1. The van der Waals surface area contributed by atoms with Gasteiger partial charge in [-0.3, -0.25) is 4.90 Å². The van der Waals surface area contributed by atoms with Gasteiger partial charge in [0.2, 0.25) is 0 Å². The molecule has 5 heteroatoms. The van der Waals surface area contributed by atoms with Crippen molar-refractivity contribution in [3.63, 3.8) is 0 Å². The minimum atomic E-state index is 0.245. The molecule has 0 saturated heterocycles. The highest BCUT2D eigenvalue weighted by molar-refractivity contribution is 5.79. The highest BCUT2D eigenvalue weighted by atomic mass is 16.4. The van der Waals surface area contributed by atoms with E-state index in [4.69, 9.17) is 10.9 Å². The lowest BCUT2D eigenvalue weighted by Gasteiger charge is -2.20. The maximum Gasteiger partial charge on any atom is 0.140 e. The van der Waals surface area contributed by atoms with Gasteiger partial charge >= 0.3 is 0 Å². The van der Waals surface area contributed by atoms with E-state index in [2.05, 4.69) is 17.0 Å². The lowest BCUT2D eigenvalue weighted by molar-refractivity contribution is 0.283. The molecule has 4 N–H and O–H groups in total. The van der Waals surface area contributed by atoms with Crippen molar-refractivity contribution in [2.75, 3.05) is 13.1 Å². The van der Waals surface area contributed by atoms with Crippen LogP contribution in [0.25, 0.3) is 0 Å². The average Bonchev–Trinajstić information content (AvgIpc) is 2.36. The largest absolute Gasteiger partial charge is 0.508 e. The number of oxime groups is 1. The highest BCUT2D eigenvalue weighted by Crippen LogP contribution is 2.11. The molecule has 0 saturated carbocycles. The van der Waals surface area contributed by atoms with Crippen LogP contribution in [0, 0.1) is 0 Å². The summed E-state index contributed by atoms with van der Waals surface area (Å²) in [6.45, 7) is 4.48. The molecule has 0 spiro atoms. The van der Waals surface area contributed by atoms with Gasteiger partial charge in [-0.2, -0.15) is 0 Å². The van der Waals surface area contributed by atoms with Crippen molar-refractivity contribution in [3.05, 3.63) is 29.8 Å². The van der Waals surface area contributed by atoms with Crippen LogP contribution in [-0.2, 0) is 6.54 Å². The van der Waals surface area contributed by atoms with Gasteiger partial charge in [0.1, 0.15) is 11.6 Å². The van der Waals surface area contributed by atoms with E-state index in [0.29, 0.717) is 6.42 Å². The van der Waals surface area contributed by atoms with E-state index in [1.807, 2.05) is 12.1 Å². The molecular weight excluding hydrogens is 218 g/mol. The molecule has 1 aromatic rings. The minimum Gasteiger partial charge on any atom is -0.508 e. The van der Waals surface area contributed by atoms with Crippen LogP contribution in [0.1, 0.15) is 18.9 Å². The summed E-state index contributed by atoms with van der Waals surface area (Å²) in [5, 5.41) is 20.6. The number of benzene rings is 1. The molecular formula is C12H19N3O2. The first-order valence-electron chi connectivity index (χ1n) is 5.62. The number of aromatic hydroxyl groups is 1. The first kappa shape index (κ1) is 13.3. The summed E-state index contributed by atoms with van der Waals surface area (Å²) in [5.41, 5.74) is 6.56. The zero-order valence-electron chi connectivity index (χ0n) is 10.0. The Morgan fingerprint density at radius 3 is 2.53 bits per heavy atom. The molecule has 0 aliphatic carbocycles. The van der Waals surface area contributed by atoms with E-state index >= 15 is 0 Å². The molecule has 0 unspecified atom stereocenters. The summed E-state index contributed by atoms with van der Waals surface area (Å²) in [7, 11) is 0. The van der Waals surface area contributed by atoms with E-state index in [0.717, 1.165) is 25.2 Å². The number of amidine groups is 1. The molecule has 0 radical (unpaired) electrons. The van der Waals surface area contributed by atoms with Crippen LogP contribution < -0.4 is 5.73 Å². The number of phenolic OH excluding ortho intramolecular Hbond substituents is 1. The van der Waals surface area contributed by atoms with Crippen molar-refractivity contribution in [2.45, 2.75) is 19.9 Å². The van der Waals surface area contributed by atoms with Crippen molar-refractivity contribution >= 4 is 5.84 Å². The van der Waals surface area contributed by atoms with Gasteiger partial charge in [0.05, 0.1) is 0 Å². The molecule has 0 aliphatic heterocycles. The van der Waals surface area contributed by atoms with Gasteiger partial charge in [0, 0.05) is 19.5 Å². The van der Waals surface area contributed by atoms with E-state index in [-0.39, 0.29) is 11.6 Å². The third-order valence-corrected chi connectivity index (χ3v) is 2.60. The second-order valence-corrected chi connectivity index (χ2v) is 3.88. The van der Waals surface area contributed by atoms with Gasteiger partial charge in [-0.1, -0.05) is 24.2 Å². The monoisotopic (exact) mass is 237 g/mol. The molecule has 0 heterocycles. The van der Waals surface area contributed by atoms with Crippen molar-refractivity contribution in [1.82, 2.24) is 4.90 Å². The van der Waals surface area contributed by atoms with Crippen LogP contribution in [0.3, 0.4) is 0 Å². The second-order valence-electron chi connectivity index (χ2n) is 3.88. The fourth-order valence-corrected chi connectivity index (χ4v) is 1.53. The van der Waals surface area contributed by atoms with Crippen LogP contribution in [0.15, 0.2) is 29.4 Å². The summed E-state index contributed by atoms with van der Waals surface area (Å²) < 4.78 is 0. The predicted octanol–water partition coefficient (Wildman–Crippen LogP) is 1.35. The third-order valence-electron chi connectivity index (χ3n) is 2.60. The van der Waals surface area contributed by atoms with Crippen molar-refractivity contribution in [3.8, 4) is 5.75 Å². The normalized spacial score (nSPS) is 12.0. The third kappa shape index (κ3) is 4.74. The molecule has 0 aliphatic rings. The summed E-state index contributed by atoms with van der Waals surface area (Å²) in [6, 6.07) is 7.13. The predicted molar refractivity (Wildman–Crippen MR) is 67.1 cm³/mol. The Morgan fingerprint density at radius 1 is 1.35 bits per heavy atom. The molecule has 0 amide bonds. The maximum absolute atomic E-state index is 9.18.